The molecule has 1 unspecified atom stereocenters. The van der Waals surface area contributed by atoms with Crippen LogP contribution in [0.3, 0.4) is 0 Å². The van der Waals surface area contributed by atoms with Gasteiger partial charge in [0.2, 0.25) is 0 Å². The fourth-order valence-electron chi connectivity index (χ4n) is 2.43. The number of rotatable bonds is 5. The standard InChI is InChI=1S/C16H20Cl2N2O/c1-4-12-16(18)13(20(5-2)19-12)9-14(21)11-8-6-7-10(3)15(11)17/h6-8,14,21H,4-5,9H2,1-3H3. The molecule has 0 saturated heterocycles. The van der Waals surface area contributed by atoms with E-state index in [1.807, 2.05) is 43.7 Å². The van der Waals surface area contributed by atoms with Crippen LogP contribution in [0.4, 0.5) is 0 Å². The molecule has 0 radical (unpaired) electrons. The van der Waals surface area contributed by atoms with Crippen LogP contribution in [0.1, 0.15) is 42.5 Å². The predicted molar refractivity (Wildman–Crippen MR) is 87.1 cm³/mol. The van der Waals surface area contributed by atoms with Gasteiger partial charge in [-0.3, -0.25) is 4.68 Å². The average molecular weight is 327 g/mol. The highest BCUT2D eigenvalue weighted by molar-refractivity contribution is 6.32. The van der Waals surface area contributed by atoms with Gasteiger partial charge in [0.25, 0.3) is 0 Å². The minimum absolute atomic E-state index is 0.406. The summed E-state index contributed by atoms with van der Waals surface area (Å²) in [7, 11) is 0. The van der Waals surface area contributed by atoms with Crippen LogP contribution < -0.4 is 0 Å². The highest BCUT2D eigenvalue weighted by atomic mass is 35.5. The molecule has 1 aromatic heterocycles. The lowest BCUT2D eigenvalue weighted by Gasteiger charge is -2.15. The van der Waals surface area contributed by atoms with E-state index in [1.165, 1.54) is 0 Å². The summed E-state index contributed by atoms with van der Waals surface area (Å²) in [6.07, 6.45) is 0.491. The molecule has 2 rings (SSSR count). The van der Waals surface area contributed by atoms with E-state index in [9.17, 15) is 5.11 Å². The van der Waals surface area contributed by atoms with Crippen LogP contribution in [0, 0.1) is 6.92 Å². The number of aromatic nitrogens is 2. The van der Waals surface area contributed by atoms with Gasteiger partial charge in [-0.25, -0.2) is 0 Å². The van der Waals surface area contributed by atoms with E-state index < -0.39 is 6.10 Å². The Kier molecular flexibility index (Phi) is 5.31. The Morgan fingerprint density at radius 2 is 1.95 bits per heavy atom. The summed E-state index contributed by atoms with van der Waals surface area (Å²) in [5, 5.41) is 16.3. The SMILES string of the molecule is CCc1nn(CC)c(CC(O)c2cccc(C)c2Cl)c1Cl. The minimum Gasteiger partial charge on any atom is -0.388 e. The molecule has 1 aromatic carbocycles. The number of aryl methyl sites for hydroxylation is 3. The fraction of sp³-hybridized carbons (Fsp3) is 0.438. The van der Waals surface area contributed by atoms with Crippen molar-refractivity contribution in [3.8, 4) is 0 Å². The summed E-state index contributed by atoms with van der Waals surface area (Å²) in [6.45, 7) is 6.68. The molecule has 1 atom stereocenters. The lowest BCUT2D eigenvalue weighted by Crippen LogP contribution is -2.09. The van der Waals surface area contributed by atoms with E-state index in [2.05, 4.69) is 5.10 Å². The van der Waals surface area contributed by atoms with Crippen molar-refractivity contribution >= 4 is 23.2 Å². The Bertz CT molecular complexity index is 637. The lowest BCUT2D eigenvalue weighted by molar-refractivity contribution is 0.175. The molecule has 0 bridgehead atoms. The van der Waals surface area contributed by atoms with Crippen molar-refractivity contribution < 1.29 is 5.11 Å². The molecule has 1 heterocycles. The molecule has 114 valence electrons. The second-order valence-electron chi connectivity index (χ2n) is 5.07. The zero-order valence-corrected chi connectivity index (χ0v) is 14.0. The molecule has 21 heavy (non-hydrogen) atoms. The maximum absolute atomic E-state index is 10.5. The summed E-state index contributed by atoms with van der Waals surface area (Å²) in [5.74, 6) is 0. The van der Waals surface area contributed by atoms with E-state index in [4.69, 9.17) is 23.2 Å². The molecule has 1 N–H and O–H groups in total. The molecule has 0 aliphatic heterocycles. The highest BCUT2D eigenvalue weighted by Gasteiger charge is 2.20. The van der Waals surface area contributed by atoms with Crippen molar-refractivity contribution in [3.05, 3.63) is 50.8 Å². The third-order valence-electron chi connectivity index (χ3n) is 3.66. The van der Waals surface area contributed by atoms with Crippen molar-refractivity contribution in [1.29, 1.82) is 0 Å². The number of hydrogen-bond donors (Lipinski definition) is 1. The highest BCUT2D eigenvalue weighted by Crippen LogP contribution is 2.31. The molecule has 2 aromatic rings. The van der Waals surface area contributed by atoms with Crippen LogP contribution in [0.2, 0.25) is 10.0 Å². The van der Waals surface area contributed by atoms with Gasteiger partial charge in [-0.05, 0) is 31.4 Å². The predicted octanol–water partition coefficient (Wildman–Crippen LogP) is 4.36. The first-order chi connectivity index (χ1) is 9.99. The molecule has 5 heteroatoms. The van der Waals surface area contributed by atoms with Crippen LogP contribution in [0.25, 0.3) is 0 Å². The average Bonchev–Trinajstić information content (AvgIpc) is 2.78. The first-order valence-electron chi connectivity index (χ1n) is 7.16. The quantitative estimate of drug-likeness (QED) is 0.886. The smallest absolute Gasteiger partial charge is 0.0860 e. The molecule has 0 aliphatic rings. The van der Waals surface area contributed by atoms with Gasteiger partial charge in [-0.2, -0.15) is 5.10 Å². The van der Waals surface area contributed by atoms with Gasteiger partial charge in [0.15, 0.2) is 0 Å². The molecular formula is C16H20Cl2N2O. The van der Waals surface area contributed by atoms with Gasteiger partial charge >= 0.3 is 0 Å². The maximum atomic E-state index is 10.5. The van der Waals surface area contributed by atoms with Crippen molar-refractivity contribution in [3.63, 3.8) is 0 Å². The van der Waals surface area contributed by atoms with Crippen LogP contribution in [-0.2, 0) is 19.4 Å². The van der Waals surface area contributed by atoms with Gasteiger partial charge in [0, 0.05) is 18.0 Å². The normalized spacial score (nSPS) is 12.7. The number of nitrogens with zero attached hydrogens (tertiary/aromatic N) is 2. The molecule has 0 amide bonds. The molecule has 0 saturated carbocycles. The van der Waals surface area contributed by atoms with E-state index in [-0.39, 0.29) is 0 Å². The number of aliphatic hydroxyl groups excluding tert-OH is 1. The first-order valence-corrected chi connectivity index (χ1v) is 7.92. The van der Waals surface area contributed by atoms with Gasteiger partial charge in [-0.15, -0.1) is 0 Å². The zero-order valence-electron chi connectivity index (χ0n) is 12.5. The number of hydrogen-bond acceptors (Lipinski definition) is 2. The fourth-order valence-corrected chi connectivity index (χ4v) is 3.03. The Balaban J connectivity index is 2.33. The van der Waals surface area contributed by atoms with Crippen LogP contribution in [0.15, 0.2) is 18.2 Å². The van der Waals surface area contributed by atoms with E-state index in [0.717, 1.165) is 35.5 Å². The Morgan fingerprint density at radius 3 is 2.57 bits per heavy atom. The van der Waals surface area contributed by atoms with Crippen molar-refractivity contribution in [1.82, 2.24) is 9.78 Å². The maximum Gasteiger partial charge on any atom is 0.0860 e. The Morgan fingerprint density at radius 1 is 1.24 bits per heavy atom. The lowest BCUT2D eigenvalue weighted by atomic mass is 10.0. The largest absolute Gasteiger partial charge is 0.388 e. The van der Waals surface area contributed by atoms with Crippen LogP contribution in [-0.4, -0.2) is 14.9 Å². The summed E-state index contributed by atoms with van der Waals surface area (Å²) in [6, 6.07) is 5.67. The number of benzene rings is 1. The molecule has 0 aliphatic carbocycles. The number of aliphatic hydroxyl groups is 1. The second-order valence-corrected chi connectivity index (χ2v) is 5.83. The zero-order chi connectivity index (χ0) is 15.6. The van der Waals surface area contributed by atoms with Crippen LogP contribution >= 0.6 is 23.2 Å². The Hall–Kier alpha value is -1.03. The van der Waals surface area contributed by atoms with E-state index >= 15 is 0 Å². The first kappa shape index (κ1) is 16.3. The topological polar surface area (TPSA) is 38.0 Å². The third-order valence-corrected chi connectivity index (χ3v) is 4.61. The molecule has 0 fully saturated rings. The van der Waals surface area contributed by atoms with Crippen LogP contribution in [0.5, 0.6) is 0 Å². The summed E-state index contributed by atoms with van der Waals surface area (Å²) >= 11 is 12.7. The van der Waals surface area contributed by atoms with Gasteiger partial charge < -0.3 is 5.11 Å². The Labute approximate surface area is 135 Å². The van der Waals surface area contributed by atoms with Crippen molar-refractivity contribution in [2.45, 2.75) is 46.3 Å². The van der Waals surface area contributed by atoms with Gasteiger partial charge in [-0.1, -0.05) is 48.3 Å². The minimum atomic E-state index is -0.693. The molecule has 0 spiro atoms. The summed E-state index contributed by atoms with van der Waals surface area (Å²) < 4.78 is 1.86. The van der Waals surface area contributed by atoms with Crippen molar-refractivity contribution in [2.75, 3.05) is 0 Å². The van der Waals surface area contributed by atoms with E-state index in [1.54, 1.807) is 0 Å². The third kappa shape index (κ3) is 3.25. The number of halogens is 2. The van der Waals surface area contributed by atoms with Crippen molar-refractivity contribution in [2.24, 2.45) is 0 Å². The summed E-state index contributed by atoms with van der Waals surface area (Å²) in [5.41, 5.74) is 3.42. The monoisotopic (exact) mass is 326 g/mol. The van der Waals surface area contributed by atoms with E-state index in [0.29, 0.717) is 16.5 Å². The second kappa shape index (κ2) is 6.82. The van der Waals surface area contributed by atoms with Gasteiger partial charge in [0.1, 0.15) is 0 Å². The van der Waals surface area contributed by atoms with Gasteiger partial charge in [0.05, 0.1) is 22.5 Å². The molecular weight excluding hydrogens is 307 g/mol. The summed E-state index contributed by atoms with van der Waals surface area (Å²) in [4.78, 5) is 0. The molecule has 3 nitrogen and oxygen atoms in total.